The number of nitrogens with two attached hydrogens (primary N) is 1. The minimum Gasteiger partial charge on any atom is -0.383 e. The van der Waals surface area contributed by atoms with Gasteiger partial charge in [0.25, 0.3) is 0 Å². The highest BCUT2D eigenvalue weighted by Gasteiger charge is 2.11. The molecular formula is C9H12N4O2. The van der Waals surface area contributed by atoms with Gasteiger partial charge in [-0.2, -0.15) is 0 Å². The average Bonchev–Trinajstić information content (AvgIpc) is 2.14. The topological polar surface area (TPSA) is 85.3 Å². The SMILES string of the molecule is CN(C)C=Cc1ccc([N+](=O)[O-])c(N)n1. The number of hydrogen-bond donors (Lipinski definition) is 1. The van der Waals surface area contributed by atoms with Crippen molar-refractivity contribution in [3.05, 3.63) is 34.1 Å². The lowest BCUT2D eigenvalue weighted by molar-refractivity contribution is -0.384. The number of pyridine rings is 1. The molecule has 1 aromatic rings. The molecule has 0 aromatic carbocycles. The number of nitrogen functional groups attached to an aromatic ring is 1. The van der Waals surface area contributed by atoms with E-state index in [0.717, 1.165) is 0 Å². The summed E-state index contributed by atoms with van der Waals surface area (Å²) in [6.45, 7) is 0. The van der Waals surface area contributed by atoms with E-state index in [9.17, 15) is 10.1 Å². The van der Waals surface area contributed by atoms with Crippen LogP contribution in [0, 0.1) is 10.1 Å². The molecule has 1 heterocycles. The number of nitro groups is 1. The summed E-state index contributed by atoms with van der Waals surface area (Å²) in [5.74, 6) is -0.0686. The maximum Gasteiger partial charge on any atom is 0.311 e. The van der Waals surface area contributed by atoms with Crippen molar-refractivity contribution in [2.75, 3.05) is 19.8 Å². The lowest BCUT2D eigenvalue weighted by atomic mass is 10.3. The summed E-state index contributed by atoms with van der Waals surface area (Å²) < 4.78 is 0. The molecule has 0 bridgehead atoms. The molecule has 0 atom stereocenters. The summed E-state index contributed by atoms with van der Waals surface area (Å²) >= 11 is 0. The van der Waals surface area contributed by atoms with Crippen LogP contribution in [0.4, 0.5) is 11.5 Å². The van der Waals surface area contributed by atoms with E-state index in [-0.39, 0.29) is 11.5 Å². The van der Waals surface area contributed by atoms with Gasteiger partial charge in [0, 0.05) is 26.4 Å². The minimum atomic E-state index is -0.554. The van der Waals surface area contributed by atoms with Crippen molar-refractivity contribution in [1.29, 1.82) is 0 Å². The Hall–Kier alpha value is -2.11. The van der Waals surface area contributed by atoms with Crippen LogP contribution >= 0.6 is 0 Å². The van der Waals surface area contributed by atoms with Gasteiger partial charge in [-0.3, -0.25) is 10.1 Å². The second kappa shape index (κ2) is 4.41. The van der Waals surface area contributed by atoms with E-state index in [1.807, 2.05) is 19.0 Å². The molecule has 0 unspecified atom stereocenters. The van der Waals surface area contributed by atoms with Gasteiger partial charge in [0.15, 0.2) is 0 Å². The van der Waals surface area contributed by atoms with Gasteiger partial charge in [0.2, 0.25) is 5.82 Å². The summed E-state index contributed by atoms with van der Waals surface area (Å²) in [6.07, 6.45) is 3.51. The number of anilines is 1. The highest BCUT2D eigenvalue weighted by Crippen LogP contribution is 2.18. The van der Waals surface area contributed by atoms with E-state index in [2.05, 4.69) is 4.98 Å². The van der Waals surface area contributed by atoms with Gasteiger partial charge in [-0.1, -0.05) is 0 Å². The van der Waals surface area contributed by atoms with E-state index in [1.54, 1.807) is 18.3 Å². The predicted molar refractivity (Wildman–Crippen MR) is 58.0 cm³/mol. The van der Waals surface area contributed by atoms with Crippen molar-refractivity contribution in [2.45, 2.75) is 0 Å². The second-order valence-electron chi connectivity index (χ2n) is 3.18. The predicted octanol–water partition coefficient (Wildman–Crippen LogP) is 1.10. The van der Waals surface area contributed by atoms with Crippen molar-refractivity contribution in [2.24, 2.45) is 0 Å². The number of aromatic nitrogens is 1. The van der Waals surface area contributed by atoms with Crippen LogP contribution in [-0.2, 0) is 0 Å². The van der Waals surface area contributed by atoms with Gasteiger partial charge < -0.3 is 10.6 Å². The van der Waals surface area contributed by atoms with Crippen LogP contribution in [0.5, 0.6) is 0 Å². The monoisotopic (exact) mass is 208 g/mol. The van der Waals surface area contributed by atoms with Gasteiger partial charge in [-0.15, -0.1) is 0 Å². The smallest absolute Gasteiger partial charge is 0.311 e. The Kier molecular flexibility index (Phi) is 3.22. The van der Waals surface area contributed by atoms with Gasteiger partial charge in [-0.05, 0) is 12.1 Å². The third-order valence-electron chi connectivity index (χ3n) is 1.66. The zero-order chi connectivity index (χ0) is 11.4. The van der Waals surface area contributed by atoms with Crippen LogP contribution in [0.25, 0.3) is 6.08 Å². The first-order chi connectivity index (χ1) is 7.00. The molecule has 0 amide bonds. The highest BCUT2D eigenvalue weighted by molar-refractivity contribution is 5.57. The summed E-state index contributed by atoms with van der Waals surface area (Å²) in [6, 6.07) is 2.90. The normalized spacial score (nSPS) is 10.5. The molecule has 6 nitrogen and oxygen atoms in total. The summed E-state index contributed by atoms with van der Waals surface area (Å²) in [5, 5.41) is 10.5. The molecule has 15 heavy (non-hydrogen) atoms. The molecule has 0 fully saturated rings. The van der Waals surface area contributed by atoms with Crippen LogP contribution in [0.1, 0.15) is 5.69 Å². The largest absolute Gasteiger partial charge is 0.383 e. The lowest BCUT2D eigenvalue weighted by Gasteiger charge is -2.03. The Balaban J connectivity index is 2.97. The average molecular weight is 208 g/mol. The zero-order valence-corrected chi connectivity index (χ0v) is 8.54. The zero-order valence-electron chi connectivity index (χ0n) is 8.54. The van der Waals surface area contributed by atoms with Gasteiger partial charge in [-0.25, -0.2) is 4.98 Å². The molecule has 0 aliphatic carbocycles. The molecule has 6 heteroatoms. The fourth-order valence-corrected chi connectivity index (χ4v) is 0.956. The van der Waals surface area contributed by atoms with Crippen LogP contribution in [-0.4, -0.2) is 28.9 Å². The van der Waals surface area contributed by atoms with E-state index < -0.39 is 4.92 Å². The number of hydrogen-bond acceptors (Lipinski definition) is 5. The maximum absolute atomic E-state index is 10.5. The first-order valence-corrected chi connectivity index (χ1v) is 4.26. The van der Waals surface area contributed by atoms with E-state index in [0.29, 0.717) is 5.69 Å². The molecule has 0 aliphatic heterocycles. The van der Waals surface area contributed by atoms with Crippen molar-refractivity contribution >= 4 is 17.6 Å². The second-order valence-corrected chi connectivity index (χ2v) is 3.18. The van der Waals surface area contributed by atoms with Crippen molar-refractivity contribution < 1.29 is 4.92 Å². The summed E-state index contributed by atoms with van der Waals surface area (Å²) in [4.78, 5) is 15.6. The maximum atomic E-state index is 10.5. The molecule has 80 valence electrons. The van der Waals surface area contributed by atoms with Crippen LogP contribution in [0.15, 0.2) is 18.3 Å². The van der Waals surface area contributed by atoms with Crippen LogP contribution in [0.2, 0.25) is 0 Å². The first kappa shape index (κ1) is 11.0. The Labute approximate surface area is 87.2 Å². The Bertz CT molecular complexity index is 401. The third-order valence-corrected chi connectivity index (χ3v) is 1.66. The van der Waals surface area contributed by atoms with Crippen LogP contribution in [0.3, 0.4) is 0 Å². The van der Waals surface area contributed by atoms with Crippen LogP contribution < -0.4 is 5.73 Å². The minimum absolute atomic E-state index is 0.0686. The van der Waals surface area contributed by atoms with Gasteiger partial charge in [0.1, 0.15) is 0 Å². The Morgan fingerprint density at radius 1 is 1.53 bits per heavy atom. The number of rotatable bonds is 3. The van der Waals surface area contributed by atoms with Gasteiger partial charge >= 0.3 is 5.69 Å². The Morgan fingerprint density at radius 2 is 2.20 bits per heavy atom. The lowest BCUT2D eigenvalue weighted by Crippen LogP contribution is -2.01. The molecule has 0 aliphatic rings. The molecule has 1 rings (SSSR count). The fraction of sp³-hybridized carbons (Fsp3) is 0.222. The standard InChI is InChI=1S/C9H12N4O2/c1-12(2)6-5-7-3-4-8(13(14)15)9(10)11-7/h3-6H,1-2H3,(H2,10,11). The first-order valence-electron chi connectivity index (χ1n) is 4.26. The molecule has 1 aromatic heterocycles. The molecule has 0 radical (unpaired) electrons. The van der Waals surface area contributed by atoms with Crippen molar-refractivity contribution in [3.63, 3.8) is 0 Å². The number of nitrogens with zero attached hydrogens (tertiary/aromatic N) is 3. The van der Waals surface area contributed by atoms with Crippen molar-refractivity contribution in [3.8, 4) is 0 Å². The molecule has 2 N–H and O–H groups in total. The third kappa shape index (κ3) is 2.94. The molecular weight excluding hydrogens is 196 g/mol. The Morgan fingerprint density at radius 3 is 2.67 bits per heavy atom. The summed E-state index contributed by atoms with van der Waals surface area (Å²) in [5.41, 5.74) is 5.85. The summed E-state index contributed by atoms with van der Waals surface area (Å²) in [7, 11) is 3.73. The van der Waals surface area contributed by atoms with E-state index in [4.69, 9.17) is 5.73 Å². The van der Waals surface area contributed by atoms with E-state index >= 15 is 0 Å². The highest BCUT2D eigenvalue weighted by atomic mass is 16.6. The molecule has 0 spiro atoms. The fourth-order valence-electron chi connectivity index (χ4n) is 0.956. The molecule has 0 saturated carbocycles. The van der Waals surface area contributed by atoms with E-state index in [1.165, 1.54) is 6.07 Å². The van der Waals surface area contributed by atoms with Crippen molar-refractivity contribution in [1.82, 2.24) is 9.88 Å². The molecule has 0 saturated heterocycles. The quantitative estimate of drug-likeness (QED) is 0.594. The van der Waals surface area contributed by atoms with Gasteiger partial charge in [0.05, 0.1) is 10.6 Å².